The molecule has 0 aliphatic heterocycles. The Morgan fingerprint density at radius 2 is 2.00 bits per heavy atom. The summed E-state index contributed by atoms with van der Waals surface area (Å²) in [6.07, 6.45) is 3.97. The van der Waals surface area contributed by atoms with E-state index >= 15 is 0 Å². The SMILES string of the molecule is Cc1cc(C(O)C2(O)CCCCC2)cs1. The van der Waals surface area contributed by atoms with Crippen LogP contribution in [0.15, 0.2) is 11.4 Å². The van der Waals surface area contributed by atoms with Crippen LogP contribution in [0.5, 0.6) is 0 Å². The number of aryl methyl sites for hydroxylation is 1. The Kier molecular flexibility index (Phi) is 3.14. The molecule has 2 nitrogen and oxygen atoms in total. The topological polar surface area (TPSA) is 40.5 Å². The molecule has 1 aromatic heterocycles. The van der Waals surface area contributed by atoms with E-state index < -0.39 is 11.7 Å². The lowest BCUT2D eigenvalue weighted by Gasteiger charge is -2.36. The van der Waals surface area contributed by atoms with Crippen molar-refractivity contribution in [1.82, 2.24) is 0 Å². The smallest absolute Gasteiger partial charge is 0.108 e. The van der Waals surface area contributed by atoms with Crippen LogP contribution in [0, 0.1) is 6.92 Å². The van der Waals surface area contributed by atoms with Crippen LogP contribution in [-0.4, -0.2) is 15.8 Å². The second-order valence-corrected chi connectivity index (χ2v) is 5.67. The lowest BCUT2D eigenvalue weighted by atomic mass is 9.79. The third-order valence-electron chi connectivity index (χ3n) is 3.29. The Hall–Kier alpha value is -0.380. The van der Waals surface area contributed by atoms with Gasteiger partial charge in [-0.15, -0.1) is 11.3 Å². The van der Waals surface area contributed by atoms with Gasteiger partial charge in [-0.2, -0.15) is 0 Å². The van der Waals surface area contributed by atoms with Crippen molar-refractivity contribution in [3.8, 4) is 0 Å². The van der Waals surface area contributed by atoms with E-state index in [-0.39, 0.29) is 0 Å². The van der Waals surface area contributed by atoms with E-state index in [1.807, 2.05) is 18.4 Å². The molecule has 0 spiro atoms. The minimum atomic E-state index is -0.883. The molecule has 84 valence electrons. The molecular formula is C12H18O2S. The van der Waals surface area contributed by atoms with Crippen LogP contribution in [0.1, 0.15) is 48.6 Å². The minimum absolute atomic E-state index is 0.706. The summed E-state index contributed by atoms with van der Waals surface area (Å²) >= 11 is 1.62. The zero-order valence-electron chi connectivity index (χ0n) is 9.07. The Bertz CT molecular complexity index is 326. The summed E-state index contributed by atoms with van der Waals surface area (Å²) in [4.78, 5) is 1.18. The molecule has 1 heterocycles. The number of thiophene rings is 1. The van der Waals surface area contributed by atoms with E-state index in [0.717, 1.165) is 31.2 Å². The van der Waals surface area contributed by atoms with Gasteiger partial charge >= 0.3 is 0 Å². The van der Waals surface area contributed by atoms with Gasteiger partial charge in [-0.05, 0) is 36.8 Å². The number of aliphatic hydroxyl groups is 2. The van der Waals surface area contributed by atoms with Crippen molar-refractivity contribution in [2.45, 2.75) is 50.7 Å². The van der Waals surface area contributed by atoms with Gasteiger partial charge in [0.1, 0.15) is 6.10 Å². The lowest BCUT2D eigenvalue weighted by molar-refractivity contribution is -0.0990. The fraction of sp³-hybridized carbons (Fsp3) is 0.667. The highest BCUT2D eigenvalue weighted by atomic mass is 32.1. The number of rotatable bonds is 2. The summed E-state index contributed by atoms with van der Waals surface area (Å²) in [7, 11) is 0. The van der Waals surface area contributed by atoms with Crippen LogP contribution in [-0.2, 0) is 0 Å². The Labute approximate surface area is 94.6 Å². The van der Waals surface area contributed by atoms with Crippen molar-refractivity contribution in [3.05, 3.63) is 21.9 Å². The fourth-order valence-corrected chi connectivity index (χ4v) is 3.08. The third-order valence-corrected chi connectivity index (χ3v) is 4.17. The molecule has 2 rings (SSSR count). The molecule has 0 aromatic carbocycles. The second-order valence-electron chi connectivity index (χ2n) is 4.56. The van der Waals surface area contributed by atoms with Gasteiger partial charge in [0.25, 0.3) is 0 Å². The van der Waals surface area contributed by atoms with E-state index in [1.165, 1.54) is 11.3 Å². The molecule has 15 heavy (non-hydrogen) atoms. The van der Waals surface area contributed by atoms with Gasteiger partial charge in [0, 0.05) is 4.88 Å². The fourth-order valence-electron chi connectivity index (χ4n) is 2.35. The second kappa shape index (κ2) is 4.24. The van der Waals surface area contributed by atoms with Crippen molar-refractivity contribution >= 4 is 11.3 Å². The molecule has 1 fully saturated rings. The normalized spacial score (nSPS) is 22.6. The van der Waals surface area contributed by atoms with Gasteiger partial charge in [0.2, 0.25) is 0 Å². The van der Waals surface area contributed by atoms with Gasteiger partial charge in [0.15, 0.2) is 0 Å². The zero-order valence-corrected chi connectivity index (χ0v) is 9.89. The zero-order chi connectivity index (χ0) is 10.9. The standard InChI is InChI=1S/C12H18O2S/c1-9-7-10(8-15-9)11(13)12(14)5-3-2-4-6-12/h7-8,11,13-14H,2-6H2,1H3. The molecule has 1 aliphatic carbocycles. The summed E-state index contributed by atoms with van der Waals surface area (Å²) < 4.78 is 0. The van der Waals surface area contributed by atoms with E-state index in [2.05, 4.69) is 0 Å². The molecule has 1 aliphatic rings. The first-order chi connectivity index (χ1) is 7.12. The van der Waals surface area contributed by atoms with Crippen molar-refractivity contribution in [2.75, 3.05) is 0 Å². The van der Waals surface area contributed by atoms with Crippen LogP contribution >= 0.6 is 11.3 Å². The van der Waals surface area contributed by atoms with Gasteiger partial charge < -0.3 is 10.2 Å². The van der Waals surface area contributed by atoms with Crippen LogP contribution in [0.3, 0.4) is 0 Å². The summed E-state index contributed by atoms with van der Waals surface area (Å²) in [5.74, 6) is 0. The van der Waals surface area contributed by atoms with Crippen LogP contribution in [0.4, 0.5) is 0 Å². The summed E-state index contributed by atoms with van der Waals surface area (Å²) in [5, 5.41) is 22.5. The number of hydrogen-bond acceptors (Lipinski definition) is 3. The number of hydrogen-bond donors (Lipinski definition) is 2. The lowest BCUT2D eigenvalue weighted by Crippen LogP contribution is -2.38. The molecule has 0 radical (unpaired) electrons. The Morgan fingerprint density at radius 3 is 2.53 bits per heavy atom. The first-order valence-corrected chi connectivity index (χ1v) is 6.45. The Balaban J connectivity index is 2.15. The van der Waals surface area contributed by atoms with Crippen molar-refractivity contribution in [1.29, 1.82) is 0 Å². The van der Waals surface area contributed by atoms with Crippen LogP contribution < -0.4 is 0 Å². The van der Waals surface area contributed by atoms with E-state index in [4.69, 9.17) is 0 Å². The van der Waals surface area contributed by atoms with Gasteiger partial charge in [-0.1, -0.05) is 19.3 Å². The van der Waals surface area contributed by atoms with Gasteiger partial charge in [-0.3, -0.25) is 0 Å². The van der Waals surface area contributed by atoms with Crippen molar-refractivity contribution < 1.29 is 10.2 Å². The molecule has 2 N–H and O–H groups in total. The molecule has 1 aromatic rings. The summed E-state index contributed by atoms with van der Waals surface area (Å²) in [6, 6.07) is 1.97. The molecule has 3 heteroatoms. The minimum Gasteiger partial charge on any atom is -0.387 e. The Morgan fingerprint density at radius 1 is 1.33 bits per heavy atom. The highest BCUT2D eigenvalue weighted by Crippen LogP contribution is 2.39. The highest BCUT2D eigenvalue weighted by Gasteiger charge is 2.37. The third kappa shape index (κ3) is 2.25. The van der Waals surface area contributed by atoms with Crippen LogP contribution in [0.2, 0.25) is 0 Å². The monoisotopic (exact) mass is 226 g/mol. The first-order valence-electron chi connectivity index (χ1n) is 5.57. The van der Waals surface area contributed by atoms with Crippen molar-refractivity contribution in [3.63, 3.8) is 0 Å². The quantitative estimate of drug-likeness (QED) is 0.814. The molecule has 0 bridgehead atoms. The predicted molar refractivity (Wildman–Crippen MR) is 62.1 cm³/mol. The maximum atomic E-state index is 10.4. The molecule has 0 amide bonds. The van der Waals surface area contributed by atoms with E-state index in [1.54, 1.807) is 11.3 Å². The molecule has 0 saturated heterocycles. The first kappa shape index (κ1) is 11.1. The van der Waals surface area contributed by atoms with E-state index in [9.17, 15) is 10.2 Å². The molecular weight excluding hydrogens is 208 g/mol. The molecule has 1 atom stereocenters. The maximum Gasteiger partial charge on any atom is 0.108 e. The average Bonchev–Trinajstić information content (AvgIpc) is 2.65. The molecule has 1 unspecified atom stereocenters. The summed E-state index contributed by atoms with van der Waals surface area (Å²) in [5.41, 5.74) is -0.00641. The predicted octanol–water partition coefficient (Wildman–Crippen LogP) is 2.79. The molecule has 1 saturated carbocycles. The van der Waals surface area contributed by atoms with Gasteiger partial charge in [-0.25, -0.2) is 0 Å². The number of aliphatic hydroxyl groups excluding tert-OH is 1. The van der Waals surface area contributed by atoms with Gasteiger partial charge in [0.05, 0.1) is 5.60 Å². The van der Waals surface area contributed by atoms with Crippen molar-refractivity contribution in [2.24, 2.45) is 0 Å². The average molecular weight is 226 g/mol. The summed E-state index contributed by atoms with van der Waals surface area (Å²) in [6.45, 7) is 2.02. The largest absolute Gasteiger partial charge is 0.387 e. The van der Waals surface area contributed by atoms with Crippen LogP contribution in [0.25, 0.3) is 0 Å². The maximum absolute atomic E-state index is 10.4. The highest BCUT2D eigenvalue weighted by molar-refractivity contribution is 7.10. The van der Waals surface area contributed by atoms with E-state index in [0.29, 0.717) is 0 Å².